The van der Waals surface area contributed by atoms with Crippen LogP contribution < -0.4 is 0 Å². The Morgan fingerprint density at radius 1 is 0.829 bits per heavy atom. The fourth-order valence-electron chi connectivity index (χ4n) is 12.2. The first-order chi connectivity index (χ1) is 18.9. The molecule has 0 amide bonds. The zero-order valence-electron chi connectivity index (χ0n) is 26.4. The van der Waals surface area contributed by atoms with Crippen molar-refractivity contribution in [3.05, 3.63) is 0 Å². The number of hydrogen-bond acceptors (Lipinski definition) is 7. The number of hydrogen-bond donors (Lipinski definition) is 0. The number of fused-ring (bicyclic) bond motifs is 4. The molecule has 1 saturated heterocycles. The first-order valence-electron chi connectivity index (χ1n) is 16.0. The lowest BCUT2D eigenvalue weighted by atomic mass is 9.30. The summed E-state index contributed by atoms with van der Waals surface area (Å²) in [6, 6.07) is 0. The maximum absolute atomic E-state index is 14.3. The van der Waals surface area contributed by atoms with Gasteiger partial charge in [-0.25, -0.2) is 0 Å². The molecule has 2 bridgehead atoms. The van der Waals surface area contributed by atoms with E-state index in [0.29, 0.717) is 25.9 Å². The Bertz CT molecular complexity index is 1200. The summed E-state index contributed by atoms with van der Waals surface area (Å²) in [5.74, 6) is -0.440. The summed E-state index contributed by atoms with van der Waals surface area (Å²) in [6.07, 6.45) is 7.38. The molecular formula is C34H50O7. The molecule has 0 aromatic rings. The van der Waals surface area contributed by atoms with Crippen LogP contribution >= 0.6 is 0 Å². The molecule has 5 saturated carbocycles. The lowest BCUT2D eigenvalue weighted by Crippen LogP contribution is -2.74. The van der Waals surface area contributed by atoms with Crippen LogP contribution in [-0.4, -0.2) is 42.0 Å². The van der Waals surface area contributed by atoms with Gasteiger partial charge in [0, 0.05) is 42.4 Å². The number of rotatable bonds is 3. The van der Waals surface area contributed by atoms with Gasteiger partial charge in [0.05, 0.1) is 6.61 Å². The highest BCUT2D eigenvalue weighted by molar-refractivity contribution is 6.08. The fourth-order valence-corrected chi connectivity index (χ4v) is 12.2. The molecule has 0 aromatic carbocycles. The molecule has 5 aliphatic carbocycles. The summed E-state index contributed by atoms with van der Waals surface area (Å²) in [4.78, 5) is 52.5. The Morgan fingerprint density at radius 2 is 1.51 bits per heavy atom. The van der Waals surface area contributed by atoms with Crippen LogP contribution in [0.4, 0.5) is 0 Å². The van der Waals surface area contributed by atoms with Crippen molar-refractivity contribution in [1.29, 1.82) is 0 Å². The van der Waals surface area contributed by atoms with E-state index in [-0.39, 0.29) is 69.2 Å². The lowest BCUT2D eigenvalue weighted by molar-refractivity contribution is -0.290. The molecule has 0 N–H and O–H groups in total. The molecule has 41 heavy (non-hydrogen) atoms. The van der Waals surface area contributed by atoms with E-state index < -0.39 is 16.4 Å². The number of carbonyl (C=O) groups is 4. The average molecular weight is 571 g/mol. The van der Waals surface area contributed by atoms with Crippen molar-refractivity contribution in [1.82, 2.24) is 0 Å². The molecule has 6 fully saturated rings. The zero-order valence-corrected chi connectivity index (χ0v) is 26.4. The van der Waals surface area contributed by atoms with Crippen molar-refractivity contribution in [3.8, 4) is 0 Å². The molecule has 6 aliphatic rings. The third kappa shape index (κ3) is 3.44. The maximum atomic E-state index is 14.3. The second kappa shape index (κ2) is 8.59. The predicted molar refractivity (Wildman–Crippen MR) is 151 cm³/mol. The SMILES string of the molecule is CC(=O)OC[C@]12CC[C@H](OC(C)=O)C(C)(C)[C@@H]1CC[C@]1(C)[C@@H]2CC[C@]23OC(=O)[C@@]4(CCC(C)(C)C[C@H]42)C(=O)C[C@]31C. The van der Waals surface area contributed by atoms with Crippen LogP contribution in [0.5, 0.6) is 0 Å². The first-order valence-corrected chi connectivity index (χ1v) is 16.0. The number of ketones is 1. The van der Waals surface area contributed by atoms with E-state index in [2.05, 4.69) is 41.5 Å². The van der Waals surface area contributed by atoms with Crippen LogP contribution in [0.2, 0.25) is 0 Å². The van der Waals surface area contributed by atoms with Gasteiger partial charge in [0.1, 0.15) is 17.1 Å². The molecule has 0 radical (unpaired) electrons. The minimum absolute atomic E-state index is 0.0543. The van der Waals surface area contributed by atoms with Gasteiger partial charge in [-0.15, -0.1) is 0 Å². The minimum Gasteiger partial charge on any atom is -0.465 e. The fraction of sp³-hybridized carbons (Fsp3) is 0.882. The van der Waals surface area contributed by atoms with E-state index in [1.165, 1.54) is 13.8 Å². The van der Waals surface area contributed by atoms with Crippen molar-refractivity contribution in [3.63, 3.8) is 0 Å². The zero-order chi connectivity index (χ0) is 30.0. The van der Waals surface area contributed by atoms with E-state index in [4.69, 9.17) is 14.2 Å². The Hall–Kier alpha value is -1.92. The Morgan fingerprint density at radius 3 is 2.17 bits per heavy atom. The molecule has 7 heteroatoms. The monoisotopic (exact) mass is 570 g/mol. The summed E-state index contributed by atoms with van der Waals surface area (Å²) >= 11 is 0. The van der Waals surface area contributed by atoms with Gasteiger partial charge in [0.25, 0.3) is 0 Å². The standard InChI is InChI=1S/C34H50O7/c1-20(35)39-19-32-13-11-26(40-21(2)36)29(5,6)22(32)9-12-30(7)23(32)10-14-34-24-17-28(3,4)15-16-33(24,27(38)41-34)25(37)18-31(30,34)8/h22-24,26H,9-19H2,1-8H3/t22-,23-,24+,26-,30+,31-,32+,33+,34-/m0/s1. The highest BCUT2D eigenvalue weighted by Crippen LogP contribution is 2.80. The minimum atomic E-state index is -0.977. The van der Waals surface area contributed by atoms with E-state index in [1.807, 2.05) is 0 Å². The largest absolute Gasteiger partial charge is 0.465 e. The second-order valence-corrected chi connectivity index (χ2v) is 16.7. The highest BCUT2D eigenvalue weighted by Gasteiger charge is 2.83. The number of Topliss-reactive ketones (excluding diaryl/α,β-unsaturated/α-hetero) is 1. The van der Waals surface area contributed by atoms with Crippen LogP contribution in [0.1, 0.15) is 120 Å². The summed E-state index contributed by atoms with van der Waals surface area (Å²) in [6.45, 7) is 16.9. The highest BCUT2D eigenvalue weighted by atomic mass is 16.6. The predicted octanol–water partition coefficient (Wildman–Crippen LogP) is 6.20. The number of esters is 3. The van der Waals surface area contributed by atoms with Crippen LogP contribution in [0.3, 0.4) is 0 Å². The average Bonchev–Trinajstić information content (AvgIpc) is 3.06. The van der Waals surface area contributed by atoms with Gasteiger partial charge < -0.3 is 14.2 Å². The summed E-state index contributed by atoms with van der Waals surface area (Å²) in [5.41, 5.74) is -2.99. The van der Waals surface area contributed by atoms with Crippen molar-refractivity contribution < 1.29 is 33.4 Å². The van der Waals surface area contributed by atoms with Gasteiger partial charge in [-0.05, 0) is 80.5 Å². The van der Waals surface area contributed by atoms with Crippen molar-refractivity contribution >= 4 is 23.7 Å². The molecule has 1 heterocycles. The number of carbonyl (C=O) groups excluding carboxylic acids is 4. The van der Waals surface area contributed by atoms with E-state index >= 15 is 0 Å². The van der Waals surface area contributed by atoms with Gasteiger partial charge in [0.2, 0.25) is 0 Å². The van der Waals surface area contributed by atoms with Gasteiger partial charge in [-0.1, -0.05) is 41.5 Å². The van der Waals surface area contributed by atoms with Gasteiger partial charge in [-0.3, -0.25) is 19.2 Å². The van der Waals surface area contributed by atoms with Crippen molar-refractivity contribution in [2.24, 2.45) is 50.2 Å². The third-order valence-corrected chi connectivity index (χ3v) is 14.3. The Labute approximate surface area is 245 Å². The molecular weight excluding hydrogens is 520 g/mol. The molecule has 9 atom stereocenters. The third-order valence-electron chi connectivity index (χ3n) is 14.3. The van der Waals surface area contributed by atoms with Crippen LogP contribution in [0.25, 0.3) is 0 Å². The second-order valence-electron chi connectivity index (χ2n) is 16.7. The summed E-state index contributed by atoms with van der Waals surface area (Å²) < 4.78 is 18.5. The van der Waals surface area contributed by atoms with Crippen molar-refractivity contribution in [2.75, 3.05) is 6.61 Å². The molecule has 0 unspecified atom stereocenters. The van der Waals surface area contributed by atoms with Crippen LogP contribution in [0.15, 0.2) is 0 Å². The Balaban J connectivity index is 1.47. The van der Waals surface area contributed by atoms with Crippen LogP contribution in [0, 0.1) is 50.2 Å². The number of ether oxygens (including phenoxy) is 3. The van der Waals surface area contributed by atoms with E-state index in [1.54, 1.807) is 0 Å². The van der Waals surface area contributed by atoms with Gasteiger partial charge >= 0.3 is 17.9 Å². The van der Waals surface area contributed by atoms with Gasteiger partial charge in [0.15, 0.2) is 5.78 Å². The smallest absolute Gasteiger partial charge is 0.320 e. The molecule has 1 spiro atoms. The molecule has 6 rings (SSSR count). The summed E-state index contributed by atoms with van der Waals surface area (Å²) in [5, 5.41) is 0. The molecule has 228 valence electrons. The normalized spacial score (nSPS) is 49.0. The van der Waals surface area contributed by atoms with E-state index in [9.17, 15) is 19.2 Å². The summed E-state index contributed by atoms with van der Waals surface area (Å²) in [7, 11) is 0. The van der Waals surface area contributed by atoms with Crippen molar-refractivity contribution in [2.45, 2.75) is 131 Å². The lowest BCUT2D eigenvalue weighted by Gasteiger charge is -2.73. The van der Waals surface area contributed by atoms with Crippen LogP contribution in [-0.2, 0) is 33.4 Å². The van der Waals surface area contributed by atoms with Gasteiger partial charge in [-0.2, -0.15) is 0 Å². The molecule has 7 nitrogen and oxygen atoms in total. The topological polar surface area (TPSA) is 96.0 Å². The maximum Gasteiger partial charge on any atom is 0.320 e. The van der Waals surface area contributed by atoms with E-state index in [0.717, 1.165) is 44.9 Å². The molecule has 0 aromatic heterocycles. The first kappa shape index (κ1) is 29.2. The molecule has 1 aliphatic heterocycles. The quantitative estimate of drug-likeness (QED) is 0.226. The Kier molecular flexibility index (Phi) is 6.11.